The lowest BCUT2D eigenvalue weighted by molar-refractivity contribution is 0.188. The maximum atomic E-state index is 5.47. The first-order valence-corrected chi connectivity index (χ1v) is 6.27. The van der Waals surface area contributed by atoms with E-state index in [4.69, 9.17) is 9.15 Å². The standard InChI is InChI=1S/C12H21N3O2/c1-3-13-8-10-9-17-12(14-10)16-7-6-15(2)11-4-5-11/h9,11,13H,3-8H2,1-2H3. The monoisotopic (exact) mass is 239 g/mol. The van der Waals surface area contributed by atoms with Crippen LogP contribution < -0.4 is 10.1 Å². The Morgan fingerprint density at radius 1 is 1.59 bits per heavy atom. The first-order chi connectivity index (χ1) is 8.29. The molecule has 2 rings (SSSR count). The Kier molecular flexibility index (Phi) is 4.39. The molecule has 5 heteroatoms. The molecule has 0 saturated heterocycles. The van der Waals surface area contributed by atoms with Crippen molar-refractivity contribution >= 4 is 0 Å². The molecular formula is C12H21N3O2. The highest BCUT2D eigenvalue weighted by molar-refractivity contribution is 4.99. The molecule has 0 aliphatic heterocycles. The van der Waals surface area contributed by atoms with E-state index in [0.29, 0.717) is 12.7 Å². The number of likely N-dealkylation sites (N-methyl/N-ethyl adjacent to an activating group) is 1. The number of hydrogen-bond acceptors (Lipinski definition) is 5. The van der Waals surface area contributed by atoms with Crippen LogP contribution in [0.2, 0.25) is 0 Å². The number of nitrogens with zero attached hydrogens (tertiary/aromatic N) is 2. The van der Waals surface area contributed by atoms with Crippen LogP contribution in [0, 0.1) is 0 Å². The average molecular weight is 239 g/mol. The Labute approximate surface area is 102 Å². The van der Waals surface area contributed by atoms with Gasteiger partial charge in [0.05, 0.1) is 5.69 Å². The van der Waals surface area contributed by atoms with Crippen LogP contribution in [0.15, 0.2) is 10.7 Å². The molecule has 5 nitrogen and oxygen atoms in total. The summed E-state index contributed by atoms with van der Waals surface area (Å²) in [5.41, 5.74) is 0.886. The van der Waals surface area contributed by atoms with Crippen molar-refractivity contribution in [3.05, 3.63) is 12.0 Å². The predicted molar refractivity (Wildman–Crippen MR) is 65.0 cm³/mol. The van der Waals surface area contributed by atoms with Gasteiger partial charge in [0.15, 0.2) is 0 Å². The average Bonchev–Trinajstić information content (AvgIpc) is 3.08. The van der Waals surface area contributed by atoms with E-state index in [-0.39, 0.29) is 0 Å². The second-order valence-electron chi connectivity index (χ2n) is 4.45. The summed E-state index contributed by atoms with van der Waals surface area (Å²) in [4.78, 5) is 6.56. The second-order valence-corrected chi connectivity index (χ2v) is 4.45. The fourth-order valence-electron chi connectivity index (χ4n) is 1.66. The van der Waals surface area contributed by atoms with Crippen LogP contribution in [0.4, 0.5) is 0 Å². The van der Waals surface area contributed by atoms with Crippen LogP contribution in [0.3, 0.4) is 0 Å². The third kappa shape index (κ3) is 4.02. The lowest BCUT2D eigenvalue weighted by Gasteiger charge is -2.14. The van der Waals surface area contributed by atoms with E-state index in [1.807, 2.05) is 0 Å². The van der Waals surface area contributed by atoms with Crippen LogP contribution in [0.25, 0.3) is 0 Å². The van der Waals surface area contributed by atoms with E-state index in [0.717, 1.165) is 31.4 Å². The highest BCUT2D eigenvalue weighted by Gasteiger charge is 2.25. The Morgan fingerprint density at radius 2 is 2.41 bits per heavy atom. The van der Waals surface area contributed by atoms with Gasteiger partial charge in [0.2, 0.25) is 0 Å². The van der Waals surface area contributed by atoms with Gasteiger partial charge in [-0.25, -0.2) is 0 Å². The van der Waals surface area contributed by atoms with Crippen molar-refractivity contribution in [2.45, 2.75) is 32.4 Å². The Hall–Kier alpha value is -1.07. The molecule has 0 radical (unpaired) electrons. The molecule has 0 atom stereocenters. The van der Waals surface area contributed by atoms with Crippen LogP contribution >= 0.6 is 0 Å². The molecule has 17 heavy (non-hydrogen) atoms. The molecule has 1 aromatic heterocycles. The fourth-order valence-corrected chi connectivity index (χ4v) is 1.66. The smallest absolute Gasteiger partial charge is 0.393 e. The summed E-state index contributed by atoms with van der Waals surface area (Å²) >= 11 is 0. The highest BCUT2D eigenvalue weighted by Crippen LogP contribution is 2.24. The van der Waals surface area contributed by atoms with Gasteiger partial charge < -0.3 is 19.4 Å². The number of oxazole rings is 1. The summed E-state index contributed by atoms with van der Waals surface area (Å²) in [5, 5.41) is 3.19. The quantitative estimate of drug-likeness (QED) is 0.740. The normalized spacial score (nSPS) is 15.5. The Balaban J connectivity index is 1.65. The summed E-state index contributed by atoms with van der Waals surface area (Å²) < 4.78 is 10.7. The van der Waals surface area contributed by atoms with Crippen LogP contribution in [-0.2, 0) is 6.54 Å². The number of rotatable bonds is 8. The van der Waals surface area contributed by atoms with E-state index in [9.17, 15) is 0 Å². The van der Waals surface area contributed by atoms with Gasteiger partial charge in [-0.15, -0.1) is 0 Å². The maximum absolute atomic E-state index is 5.47. The van der Waals surface area contributed by atoms with Crippen LogP contribution in [0.1, 0.15) is 25.5 Å². The summed E-state index contributed by atoms with van der Waals surface area (Å²) in [7, 11) is 2.13. The predicted octanol–water partition coefficient (Wildman–Crippen LogP) is 1.26. The van der Waals surface area contributed by atoms with E-state index in [1.165, 1.54) is 12.8 Å². The molecule has 96 valence electrons. The maximum Gasteiger partial charge on any atom is 0.393 e. The molecule has 1 fully saturated rings. The van der Waals surface area contributed by atoms with Gasteiger partial charge in [-0.3, -0.25) is 0 Å². The van der Waals surface area contributed by atoms with Crippen molar-refractivity contribution in [2.24, 2.45) is 0 Å². The Morgan fingerprint density at radius 3 is 3.12 bits per heavy atom. The van der Waals surface area contributed by atoms with E-state index in [2.05, 4.69) is 29.2 Å². The topological polar surface area (TPSA) is 50.5 Å². The molecule has 1 aromatic rings. The highest BCUT2D eigenvalue weighted by atomic mass is 16.6. The minimum Gasteiger partial charge on any atom is -0.449 e. The zero-order chi connectivity index (χ0) is 12.1. The summed E-state index contributed by atoms with van der Waals surface area (Å²) in [5.74, 6) is 0. The minimum absolute atomic E-state index is 0.377. The van der Waals surface area contributed by atoms with Crippen LogP contribution in [-0.4, -0.2) is 42.7 Å². The molecule has 1 heterocycles. The molecule has 1 N–H and O–H groups in total. The molecule has 1 aliphatic rings. The van der Waals surface area contributed by atoms with Crippen molar-refractivity contribution < 1.29 is 9.15 Å². The zero-order valence-corrected chi connectivity index (χ0v) is 10.6. The largest absolute Gasteiger partial charge is 0.449 e. The lowest BCUT2D eigenvalue weighted by Crippen LogP contribution is -2.26. The van der Waals surface area contributed by atoms with Gasteiger partial charge in [-0.1, -0.05) is 6.92 Å². The molecule has 0 aromatic carbocycles. The third-order valence-electron chi connectivity index (χ3n) is 2.93. The number of aromatic nitrogens is 1. The number of ether oxygens (including phenoxy) is 1. The molecular weight excluding hydrogens is 218 g/mol. The molecule has 1 aliphatic carbocycles. The summed E-state index contributed by atoms with van der Waals surface area (Å²) in [6.07, 6.45) is 4.66. The number of hydrogen-bond donors (Lipinski definition) is 1. The van der Waals surface area contributed by atoms with Crippen molar-refractivity contribution in [1.82, 2.24) is 15.2 Å². The number of nitrogens with one attached hydrogen (secondary N) is 1. The van der Waals surface area contributed by atoms with Gasteiger partial charge in [0.25, 0.3) is 0 Å². The minimum atomic E-state index is 0.377. The molecule has 0 spiro atoms. The third-order valence-corrected chi connectivity index (χ3v) is 2.93. The first kappa shape index (κ1) is 12.4. The van der Waals surface area contributed by atoms with Gasteiger partial charge in [0.1, 0.15) is 12.9 Å². The lowest BCUT2D eigenvalue weighted by atomic mass is 10.5. The SMILES string of the molecule is CCNCc1coc(OCCN(C)C2CC2)n1. The van der Waals surface area contributed by atoms with Gasteiger partial charge in [-0.2, -0.15) is 4.98 Å². The van der Waals surface area contributed by atoms with E-state index < -0.39 is 0 Å². The molecule has 0 unspecified atom stereocenters. The summed E-state index contributed by atoms with van der Waals surface area (Å²) in [6, 6.07) is 0.771. The van der Waals surface area contributed by atoms with Crippen molar-refractivity contribution in [1.29, 1.82) is 0 Å². The van der Waals surface area contributed by atoms with E-state index >= 15 is 0 Å². The Bertz CT molecular complexity index is 336. The van der Waals surface area contributed by atoms with Gasteiger partial charge in [0, 0.05) is 19.1 Å². The molecule has 1 saturated carbocycles. The molecule has 0 bridgehead atoms. The van der Waals surface area contributed by atoms with Crippen molar-refractivity contribution in [3.8, 4) is 6.08 Å². The summed E-state index contributed by atoms with van der Waals surface area (Å²) in [6.45, 7) is 5.27. The van der Waals surface area contributed by atoms with Gasteiger partial charge in [-0.05, 0) is 26.4 Å². The second kappa shape index (κ2) is 6.02. The van der Waals surface area contributed by atoms with E-state index in [1.54, 1.807) is 6.26 Å². The van der Waals surface area contributed by atoms with Crippen LogP contribution in [0.5, 0.6) is 6.08 Å². The molecule has 0 amide bonds. The van der Waals surface area contributed by atoms with Crippen molar-refractivity contribution in [3.63, 3.8) is 0 Å². The van der Waals surface area contributed by atoms with Gasteiger partial charge >= 0.3 is 6.08 Å². The first-order valence-electron chi connectivity index (χ1n) is 6.27. The fraction of sp³-hybridized carbons (Fsp3) is 0.750. The van der Waals surface area contributed by atoms with Crippen molar-refractivity contribution in [2.75, 3.05) is 26.7 Å². The zero-order valence-electron chi connectivity index (χ0n) is 10.6.